The van der Waals surface area contributed by atoms with Crippen molar-refractivity contribution in [2.75, 3.05) is 13.2 Å². The van der Waals surface area contributed by atoms with Crippen molar-refractivity contribution in [1.82, 2.24) is 5.32 Å². The molecule has 1 heterocycles. The van der Waals surface area contributed by atoms with Gasteiger partial charge in [-0.05, 0) is 6.92 Å². The highest BCUT2D eigenvalue weighted by Gasteiger charge is 2.19. The van der Waals surface area contributed by atoms with E-state index in [4.69, 9.17) is 9.47 Å². The molecule has 1 saturated heterocycles. The molecular formula is C7H13BNO3. The van der Waals surface area contributed by atoms with E-state index < -0.39 is 0 Å². The van der Waals surface area contributed by atoms with Crippen LogP contribution < -0.4 is 5.32 Å². The molecule has 0 aromatic carbocycles. The van der Waals surface area contributed by atoms with E-state index in [1.165, 1.54) is 7.28 Å². The quantitative estimate of drug-likeness (QED) is 0.602. The van der Waals surface area contributed by atoms with Crippen molar-refractivity contribution in [3.05, 3.63) is 0 Å². The maximum Gasteiger partial charge on any atom is 0.229 e. The molecular weight excluding hydrogens is 157 g/mol. The summed E-state index contributed by atoms with van der Waals surface area (Å²) in [6.45, 7) is 4.59. The van der Waals surface area contributed by atoms with E-state index >= 15 is 0 Å². The van der Waals surface area contributed by atoms with Crippen LogP contribution in [0.15, 0.2) is 0 Å². The van der Waals surface area contributed by atoms with E-state index in [9.17, 15) is 4.79 Å². The van der Waals surface area contributed by atoms with Crippen LogP contribution in [-0.2, 0) is 9.47 Å². The Morgan fingerprint density at radius 2 is 2.08 bits per heavy atom. The van der Waals surface area contributed by atoms with Gasteiger partial charge in [0.05, 0.1) is 19.3 Å². The number of hydrogen-bond acceptors (Lipinski definition) is 3. The summed E-state index contributed by atoms with van der Waals surface area (Å²) in [6.07, 6.45) is -0.149. The van der Waals surface area contributed by atoms with Gasteiger partial charge in [-0.15, -0.1) is 0 Å². The second kappa shape index (κ2) is 4.47. The molecule has 0 saturated carbocycles. The molecule has 1 aliphatic rings. The van der Waals surface area contributed by atoms with Gasteiger partial charge in [0.1, 0.15) is 0 Å². The predicted molar refractivity (Wildman–Crippen MR) is 45.3 cm³/mol. The van der Waals surface area contributed by atoms with Crippen molar-refractivity contribution >= 4 is 13.1 Å². The molecule has 0 unspecified atom stereocenters. The van der Waals surface area contributed by atoms with Gasteiger partial charge < -0.3 is 14.8 Å². The normalized spacial score (nSPS) is 29.5. The second-order valence-electron chi connectivity index (χ2n) is 2.73. The number of rotatable bonds is 2. The fourth-order valence-electron chi connectivity index (χ4n) is 0.967. The number of ether oxygens (including phenoxy) is 2. The lowest BCUT2D eigenvalue weighted by molar-refractivity contribution is -0.177. The van der Waals surface area contributed by atoms with Gasteiger partial charge in [0.15, 0.2) is 12.1 Å². The van der Waals surface area contributed by atoms with Crippen molar-refractivity contribution < 1.29 is 14.3 Å². The number of hydrogen-bond donors (Lipinski definition) is 1. The largest absolute Gasteiger partial charge is 0.358 e. The molecule has 1 aliphatic heterocycles. The Hall–Kier alpha value is -0.545. The van der Waals surface area contributed by atoms with Gasteiger partial charge in [0.25, 0.3) is 0 Å². The Morgan fingerprint density at radius 1 is 1.50 bits per heavy atom. The van der Waals surface area contributed by atoms with Crippen LogP contribution in [0.25, 0.3) is 0 Å². The lowest BCUT2D eigenvalue weighted by Gasteiger charge is -2.27. The van der Waals surface area contributed by atoms with Crippen LogP contribution in [-0.4, -0.2) is 38.6 Å². The molecule has 0 bridgehead atoms. The monoisotopic (exact) mass is 170 g/mol. The summed E-state index contributed by atoms with van der Waals surface area (Å²) in [6, 6.07) is -0.00935. The summed E-state index contributed by atoms with van der Waals surface area (Å²) in [5.41, 5.74) is 0. The fourth-order valence-corrected chi connectivity index (χ4v) is 0.967. The minimum absolute atomic E-state index is 0.00935. The van der Waals surface area contributed by atoms with Crippen LogP contribution in [0.2, 0.25) is 6.82 Å². The van der Waals surface area contributed by atoms with Crippen molar-refractivity contribution in [3.8, 4) is 0 Å². The Bertz CT molecular complexity index is 157. The van der Waals surface area contributed by atoms with E-state index in [0.29, 0.717) is 13.2 Å². The summed E-state index contributed by atoms with van der Waals surface area (Å²) >= 11 is 0. The van der Waals surface area contributed by atoms with E-state index in [2.05, 4.69) is 5.32 Å². The molecule has 67 valence electrons. The topological polar surface area (TPSA) is 47.6 Å². The minimum atomic E-state index is -0.149. The molecule has 1 amide bonds. The van der Waals surface area contributed by atoms with E-state index in [1.54, 1.807) is 6.82 Å². The highest BCUT2D eigenvalue weighted by molar-refractivity contribution is 6.72. The van der Waals surface area contributed by atoms with Crippen LogP contribution in [0.4, 0.5) is 4.79 Å². The van der Waals surface area contributed by atoms with Crippen LogP contribution >= 0.6 is 0 Å². The van der Waals surface area contributed by atoms with Gasteiger partial charge in [-0.25, -0.2) is 0 Å². The zero-order valence-corrected chi connectivity index (χ0v) is 7.37. The van der Waals surface area contributed by atoms with Gasteiger partial charge in [-0.2, -0.15) is 0 Å². The van der Waals surface area contributed by atoms with E-state index in [0.717, 1.165) is 0 Å². The van der Waals surface area contributed by atoms with Crippen LogP contribution in [0, 0.1) is 0 Å². The first-order valence-electron chi connectivity index (χ1n) is 4.05. The number of carbonyl (C=O) groups excluding carboxylic acids is 1. The second-order valence-corrected chi connectivity index (χ2v) is 2.73. The molecule has 5 heteroatoms. The Labute approximate surface area is 72.8 Å². The standard InChI is InChI=1S/C7H13BNO3/c1-5-11-3-6(4-12-5)9-7(10)8-2/h5-6H,3-4H2,1-2H3,(H,9,10). The lowest BCUT2D eigenvalue weighted by atomic mass is 9.81. The SMILES string of the molecule is C[B]C(=O)NC1COC(C)OC1. The average molecular weight is 170 g/mol. The molecule has 4 nitrogen and oxygen atoms in total. The van der Waals surface area contributed by atoms with E-state index in [-0.39, 0.29) is 18.1 Å². The molecule has 1 radical (unpaired) electrons. The summed E-state index contributed by atoms with van der Waals surface area (Å²) in [5, 5.41) is 2.74. The Kier molecular flexibility index (Phi) is 3.56. The number of amides is 1. The minimum Gasteiger partial charge on any atom is -0.358 e. The van der Waals surface area contributed by atoms with Gasteiger partial charge in [0.2, 0.25) is 7.28 Å². The zero-order valence-electron chi connectivity index (χ0n) is 7.37. The van der Waals surface area contributed by atoms with Crippen molar-refractivity contribution in [3.63, 3.8) is 0 Å². The Balaban J connectivity index is 2.21. The summed E-state index contributed by atoms with van der Waals surface area (Å²) in [4.78, 5) is 10.9. The first-order chi connectivity index (χ1) is 5.72. The predicted octanol–water partition coefficient (Wildman–Crippen LogP) is 0.210. The molecule has 12 heavy (non-hydrogen) atoms. The van der Waals surface area contributed by atoms with Gasteiger partial charge >= 0.3 is 0 Å². The molecule has 0 aromatic rings. The maximum absolute atomic E-state index is 10.9. The zero-order chi connectivity index (χ0) is 8.97. The molecule has 0 aliphatic carbocycles. The third-order valence-electron chi connectivity index (χ3n) is 1.67. The third-order valence-corrected chi connectivity index (χ3v) is 1.67. The van der Waals surface area contributed by atoms with Gasteiger partial charge in [-0.1, -0.05) is 6.82 Å². The first kappa shape index (κ1) is 9.54. The van der Waals surface area contributed by atoms with Gasteiger partial charge in [-0.3, -0.25) is 4.79 Å². The molecule has 0 aromatic heterocycles. The smallest absolute Gasteiger partial charge is 0.229 e. The third kappa shape index (κ3) is 2.83. The highest BCUT2D eigenvalue weighted by Crippen LogP contribution is 2.03. The summed E-state index contributed by atoms with van der Waals surface area (Å²) in [5.74, 6) is -0.0817. The average Bonchev–Trinajstić information content (AvgIpc) is 2.09. The Morgan fingerprint density at radius 3 is 2.58 bits per heavy atom. The number of nitrogens with one attached hydrogen (secondary N) is 1. The number of carbonyl (C=O) groups is 1. The van der Waals surface area contributed by atoms with Crippen molar-refractivity contribution in [2.24, 2.45) is 0 Å². The molecule has 0 spiro atoms. The summed E-state index contributed by atoms with van der Waals surface area (Å²) < 4.78 is 10.4. The first-order valence-corrected chi connectivity index (χ1v) is 4.05. The van der Waals surface area contributed by atoms with Crippen molar-refractivity contribution in [2.45, 2.75) is 26.1 Å². The lowest BCUT2D eigenvalue weighted by Crippen LogP contribution is -2.47. The van der Waals surface area contributed by atoms with Crippen LogP contribution in [0.3, 0.4) is 0 Å². The van der Waals surface area contributed by atoms with Crippen LogP contribution in [0.1, 0.15) is 6.92 Å². The molecule has 1 rings (SSSR count). The molecule has 1 N–H and O–H groups in total. The molecule has 0 atom stereocenters. The van der Waals surface area contributed by atoms with E-state index in [1.807, 2.05) is 6.92 Å². The van der Waals surface area contributed by atoms with Crippen molar-refractivity contribution in [1.29, 1.82) is 0 Å². The summed E-state index contributed by atoms with van der Waals surface area (Å²) in [7, 11) is 1.48. The fraction of sp³-hybridized carbons (Fsp3) is 0.857. The van der Waals surface area contributed by atoms with Gasteiger partial charge in [0, 0.05) is 0 Å². The molecule has 1 fully saturated rings. The maximum atomic E-state index is 10.9. The highest BCUT2D eigenvalue weighted by atomic mass is 16.7. The van der Waals surface area contributed by atoms with Crippen LogP contribution in [0.5, 0.6) is 0 Å².